The van der Waals surface area contributed by atoms with Crippen LogP contribution in [0.25, 0.3) is 32.7 Å². The SMILES string of the molecule is CC(=O)Oc1ccc(-c2c3ccccc3c(OC(C)=O)c3cc(C)ccc23)cc1. The maximum atomic E-state index is 11.8. The lowest BCUT2D eigenvalue weighted by atomic mass is 9.90. The molecule has 0 fully saturated rings. The van der Waals surface area contributed by atoms with Crippen LogP contribution in [0.5, 0.6) is 11.5 Å². The van der Waals surface area contributed by atoms with Gasteiger partial charge in [0, 0.05) is 24.6 Å². The third kappa shape index (κ3) is 3.57. The molecule has 0 aliphatic rings. The zero-order chi connectivity index (χ0) is 20.5. The average Bonchev–Trinajstić information content (AvgIpc) is 2.68. The van der Waals surface area contributed by atoms with Crippen molar-refractivity contribution >= 4 is 33.5 Å². The van der Waals surface area contributed by atoms with E-state index in [1.54, 1.807) is 12.1 Å². The van der Waals surface area contributed by atoms with Gasteiger partial charge in [0.05, 0.1) is 0 Å². The first kappa shape index (κ1) is 18.7. The van der Waals surface area contributed by atoms with Gasteiger partial charge in [0.1, 0.15) is 11.5 Å². The molecule has 0 saturated heterocycles. The quantitative estimate of drug-likeness (QED) is 0.254. The topological polar surface area (TPSA) is 52.6 Å². The fraction of sp³-hybridized carbons (Fsp3) is 0.120. The molecular formula is C25H20O4. The first-order valence-corrected chi connectivity index (χ1v) is 9.36. The zero-order valence-electron chi connectivity index (χ0n) is 16.5. The Morgan fingerprint density at radius 3 is 1.97 bits per heavy atom. The monoisotopic (exact) mass is 384 g/mol. The lowest BCUT2D eigenvalue weighted by molar-refractivity contribution is -0.132. The summed E-state index contributed by atoms with van der Waals surface area (Å²) in [5.41, 5.74) is 3.11. The molecule has 4 rings (SSSR count). The van der Waals surface area contributed by atoms with E-state index in [2.05, 4.69) is 6.07 Å². The van der Waals surface area contributed by atoms with Gasteiger partial charge < -0.3 is 9.47 Å². The van der Waals surface area contributed by atoms with Crippen molar-refractivity contribution in [2.24, 2.45) is 0 Å². The van der Waals surface area contributed by atoms with E-state index in [1.807, 2.05) is 55.5 Å². The number of carbonyl (C=O) groups is 2. The normalized spacial score (nSPS) is 10.9. The lowest BCUT2D eigenvalue weighted by Gasteiger charge is -2.17. The van der Waals surface area contributed by atoms with Crippen LogP contribution in [-0.4, -0.2) is 11.9 Å². The van der Waals surface area contributed by atoms with Crippen molar-refractivity contribution in [1.82, 2.24) is 0 Å². The molecule has 29 heavy (non-hydrogen) atoms. The van der Waals surface area contributed by atoms with Gasteiger partial charge in [0.25, 0.3) is 0 Å². The van der Waals surface area contributed by atoms with Gasteiger partial charge in [0.15, 0.2) is 0 Å². The molecule has 0 heterocycles. The van der Waals surface area contributed by atoms with Gasteiger partial charge >= 0.3 is 11.9 Å². The first-order chi connectivity index (χ1) is 13.9. The predicted molar refractivity (Wildman–Crippen MR) is 114 cm³/mol. The Hall–Kier alpha value is -3.66. The van der Waals surface area contributed by atoms with Crippen LogP contribution in [0.3, 0.4) is 0 Å². The second-order valence-electron chi connectivity index (χ2n) is 7.01. The predicted octanol–water partition coefficient (Wildman–Crippen LogP) is 5.82. The summed E-state index contributed by atoms with van der Waals surface area (Å²) >= 11 is 0. The van der Waals surface area contributed by atoms with Crippen LogP contribution in [0.1, 0.15) is 19.4 Å². The smallest absolute Gasteiger partial charge is 0.308 e. The van der Waals surface area contributed by atoms with Crippen LogP contribution >= 0.6 is 0 Å². The van der Waals surface area contributed by atoms with E-state index in [4.69, 9.17) is 9.47 Å². The van der Waals surface area contributed by atoms with Gasteiger partial charge in [-0.05, 0) is 47.0 Å². The average molecular weight is 384 g/mol. The maximum Gasteiger partial charge on any atom is 0.308 e. The van der Waals surface area contributed by atoms with E-state index >= 15 is 0 Å². The molecule has 0 aliphatic heterocycles. The van der Waals surface area contributed by atoms with Crippen LogP contribution in [0, 0.1) is 6.92 Å². The summed E-state index contributed by atoms with van der Waals surface area (Å²) in [6.07, 6.45) is 0. The molecule has 0 unspecified atom stereocenters. The molecule has 0 atom stereocenters. The van der Waals surface area contributed by atoms with Gasteiger partial charge in [-0.15, -0.1) is 0 Å². The molecule has 0 bridgehead atoms. The van der Waals surface area contributed by atoms with Gasteiger partial charge in [0.2, 0.25) is 0 Å². The standard InChI is InChI=1S/C25H20O4/c1-15-8-13-21-23(14-15)25(29-17(3)27)22-7-5-4-6-20(22)24(21)18-9-11-19(12-10-18)28-16(2)26/h4-14H,1-3H3. The minimum absolute atomic E-state index is 0.351. The minimum atomic E-state index is -0.352. The van der Waals surface area contributed by atoms with Crippen LogP contribution in [0.4, 0.5) is 0 Å². The van der Waals surface area contributed by atoms with E-state index < -0.39 is 0 Å². The molecule has 0 spiro atoms. The van der Waals surface area contributed by atoms with Crippen molar-refractivity contribution in [1.29, 1.82) is 0 Å². The van der Waals surface area contributed by atoms with Crippen LogP contribution in [0.15, 0.2) is 66.7 Å². The fourth-order valence-electron chi connectivity index (χ4n) is 3.67. The largest absolute Gasteiger partial charge is 0.427 e. The summed E-state index contributed by atoms with van der Waals surface area (Å²) in [6.45, 7) is 4.81. The van der Waals surface area contributed by atoms with Gasteiger partial charge in [-0.3, -0.25) is 9.59 Å². The maximum absolute atomic E-state index is 11.8. The highest BCUT2D eigenvalue weighted by Crippen LogP contribution is 2.43. The molecule has 4 aromatic rings. The second kappa shape index (κ2) is 7.40. The molecule has 144 valence electrons. The highest BCUT2D eigenvalue weighted by Gasteiger charge is 2.17. The summed E-state index contributed by atoms with van der Waals surface area (Å²) in [6, 6.07) is 21.5. The van der Waals surface area contributed by atoms with Crippen LogP contribution in [-0.2, 0) is 9.59 Å². The van der Waals surface area contributed by atoms with Crippen molar-refractivity contribution in [2.75, 3.05) is 0 Å². The number of ether oxygens (including phenoxy) is 2. The van der Waals surface area contributed by atoms with Gasteiger partial charge in [-0.25, -0.2) is 0 Å². The highest BCUT2D eigenvalue weighted by atomic mass is 16.5. The van der Waals surface area contributed by atoms with E-state index in [0.717, 1.165) is 38.2 Å². The molecule has 0 aromatic heterocycles. The number of carbonyl (C=O) groups excluding carboxylic acids is 2. The first-order valence-electron chi connectivity index (χ1n) is 9.36. The van der Waals surface area contributed by atoms with E-state index in [1.165, 1.54) is 13.8 Å². The molecule has 0 radical (unpaired) electrons. The Kier molecular flexibility index (Phi) is 4.77. The zero-order valence-corrected chi connectivity index (χ0v) is 16.5. The number of esters is 2. The summed E-state index contributed by atoms with van der Waals surface area (Å²) in [7, 11) is 0. The number of rotatable bonds is 3. The van der Waals surface area contributed by atoms with Crippen molar-refractivity contribution in [2.45, 2.75) is 20.8 Å². The Bertz CT molecular complexity index is 1250. The summed E-state index contributed by atoms with van der Waals surface area (Å²) < 4.78 is 10.8. The number of fused-ring (bicyclic) bond motifs is 2. The highest BCUT2D eigenvalue weighted by molar-refractivity contribution is 6.17. The summed E-state index contributed by atoms with van der Waals surface area (Å²) in [5, 5.41) is 3.74. The summed E-state index contributed by atoms with van der Waals surface area (Å²) in [5.74, 6) is 0.376. The molecule has 0 amide bonds. The Morgan fingerprint density at radius 1 is 0.690 bits per heavy atom. The van der Waals surface area contributed by atoms with Crippen LogP contribution in [0.2, 0.25) is 0 Å². The lowest BCUT2D eigenvalue weighted by Crippen LogP contribution is -2.03. The molecule has 4 heteroatoms. The number of hydrogen-bond donors (Lipinski definition) is 0. The van der Waals surface area contributed by atoms with E-state index in [9.17, 15) is 9.59 Å². The van der Waals surface area contributed by atoms with Crippen molar-refractivity contribution in [3.63, 3.8) is 0 Å². The molecule has 0 aliphatic carbocycles. The van der Waals surface area contributed by atoms with Crippen molar-refractivity contribution < 1.29 is 19.1 Å². The minimum Gasteiger partial charge on any atom is -0.427 e. The number of benzene rings is 4. The van der Waals surface area contributed by atoms with Gasteiger partial charge in [-0.2, -0.15) is 0 Å². The second-order valence-corrected chi connectivity index (χ2v) is 7.01. The van der Waals surface area contributed by atoms with Crippen molar-refractivity contribution in [3.05, 3.63) is 72.3 Å². The van der Waals surface area contributed by atoms with Gasteiger partial charge in [-0.1, -0.05) is 54.1 Å². The third-order valence-electron chi connectivity index (χ3n) is 4.78. The number of aryl methyl sites for hydroxylation is 1. The van der Waals surface area contributed by atoms with Crippen LogP contribution < -0.4 is 9.47 Å². The fourth-order valence-corrected chi connectivity index (χ4v) is 3.67. The van der Waals surface area contributed by atoms with E-state index in [-0.39, 0.29) is 11.9 Å². The molecule has 4 aromatic carbocycles. The van der Waals surface area contributed by atoms with E-state index in [0.29, 0.717) is 11.5 Å². The molecular weight excluding hydrogens is 364 g/mol. The molecule has 0 saturated carbocycles. The Morgan fingerprint density at radius 2 is 1.31 bits per heavy atom. The number of hydrogen-bond acceptors (Lipinski definition) is 4. The Balaban J connectivity index is 2.05. The molecule has 4 nitrogen and oxygen atoms in total. The third-order valence-corrected chi connectivity index (χ3v) is 4.78. The Labute approximate surface area is 168 Å². The van der Waals surface area contributed by atoms with Crippen molar-refractivity contribution in [3.8, 4) is 22.6 Å². The molecule has 0 N–H and O–H groups in total. The summed E-state index contributed by atoms with van der Waals surface area (Å²) in [4.78, 5) is 23.0.